The number of benzene rings is 1. The van der Waals surface area contributed by atoms with Crippen molar-refractivity contribution in [2.24, 2.45) is 0 Å². The first-order valence-electron chi connectivity index (χ1n) is 4.90. The lowest BCUT2D eigenvalue weighted by atomic mass is 9.87. The highest BCUT2D eigenvalue weighted by Gasteiger charge is 2.14. The summed E-state index contributed by atoms with van der Waals surface area (Å²) in [6.07, 6.45) is 0. The SMILES string of the molecule is COCOc1ccc(C(C)(C)C)cc1S. The third-order valence-electron chi connectivity index (χ3n) is 2.16. The van der Waals surface area contributed by atoms with Crippen LogP contribution in [0.4, 0.5) is 0 Å². The average molecular weight is 226 g/mol. The van der Waals surface area contributed by atoms with Gasteiger partial charge in [-0.3, -0.25) is 0 Å². The Morgan fingerprint density at radius 1 is 1.27 bits per heavy atom. The van der Waals surface area contributed by atoms with E-state index in [0.717, 1.165) is 10.6 Å². The van der Waals surface area contributed by atoms with Crippen LogP contribution in [-0.2, 0) is 10.2 Å². The molecule has 0 aliphatic carbocycles. The van der Waals surface area contributed by atoms with Gasteiger partial charge in [0.1, 0.15) is 5.75 Å². The zero-order chi connectivity index (χ0) is 11.5. The Labute approximate surface area is 97.0 Å². The zero-order valence-electron chi connectivity index (χ0n) is 9.70. The second kappa shape index (κ2) is 4.90. The Kier molecular flexibility index (Phi) is 4.05. The first-order chi connectivity index (χ1) is 6.95. The van der Waals surface area contributed by atoms with Gasteiger partial charge >= 0.3 is 0 Å². The van der Waals surface area contributed by atoms with Crippen LogP contribution in [0.3, 0.4) is 0 Å². The molecule has 0 unspecified atom stereocenters. The molecular formula is C12H18O2S. The van der Waals surface area contributed by atoms with Gasteiger partial charge in [-0.1, -0.05) is 26.8 Å². The van der Waals surface area contributed by atoms with Crippen LogP contribution in [0.15, 0.2) is 23.1 Å². The van der Waals surface area contributed by atoms with Gasteiger partial charge in [-0.05, 0) is 23.1 Å². The Morgan fingerprint density at radius 2 is 1.93 bits per heavy atom. The number of methoxy groups -OCH3 is 1. The van der Waals surface area contributed by atoms with Gasteiger partial charge in [0.2, 0.25) is 0 Å². The van der Waals surface area contributed by atoms with E-state index in [1.54, 1.807) is 7.11 Å². The normalized spacial score (nSPS) is 11.5. The number of rotatable bonds is 3. The fourth-order valence-electron chi connectivity index (χ4n) is 1.23. The molecule has 0 atom stereocenters. The molecule has 3 heteroatoms. The molecule has 0 amide bonds. The number of hydrogen-bond donors (Lipinski definition) is 1. The number of thiol groups is 1. The summed E-state index contributed by atoms with van der Waals surface area (Å²) in [6, 6.07) is 6.03. The predicted molar refractivity (Wildman–Crippen MR) is 64.9 cm³/mol. The van der Waals surface area contributed by atoms with Crippen molar-refractivity contribution in [1.82, 2.24) is 0 Å². The van der Waals surface area contributed by atoms with Crippen LogP contribution in [0.2, 0.25) is 0 Å². The van der Waals surface area contributed by atoms with E-state index in [1.165, 1.54) is 5.56 Å². The lowest BCUT2D eigenvalue weighted by Gasteiger charge is -2.20. The minimum absolute atomic E-state index is 0.136. The maximum atomic E-state index is 5.35. The molecule has 0 saturated heterocycles. The predicted octanol–water partition coefficient (Wildman–Crippen LogP) is 3.26. The van der Waals surface area contributed by atoms with Gasteiger partial charge in [-0.15, -0.1) is 12.6 Å². The number of ether oxygens (including phenoxy) is 2. The van der Waals surface area contributed by atoms with Gasteiger partial charge in [0.25, 0.3) is 0 Å². The summed E-state index contributed by atoms with van der Waals surface area (Å²) in [7, 11) is 1.60. The van der Waals surface area contributed by atoms with Crippen LogP contribution < -0.4 is 4.74 Å². The van der Waals surface area contributed by atoms with Crippen LogP contribution in [0, 0.1) is 0 Å². The van der Waals surface area contributed by atoms with E-state index in [2.05, 4.69) is 39.5 Å². The van der Waals surface area contributed by atoms with Gasteiger partial charge < -0.3 is 9.47 Å². The molecule has 0 bridgehead atoms. The topological polar surface area (TPSA) is 18.5 Å². The van der Waals surface area contributed by atoms with Gasteiger partial charge in [0, 0.05) is 12.0 Å². The van der Waals surface area contributed by atoms with Crippen molar-refractivity contribution < 1.29 is 9.47 Å². The van der Waals surface area contributed by atoms with Crippen molar-refractivity contribution in [2.45, 2.75) is 31.1 Å². The highest BCUT2D eigenvalue weighted by molar-refractivity contribution is 7.80. The van der Waals surface area contributed by atoms with E-state index < -0.39 is 0 Å². The Hall–Kier alpha value is -0.670. The van der Waals surface area contributed by atoms with E-state index >= 15 is 0 Å². The third kappa shape index (κ3) is 3.43. The summed E-state index contributed by atoms with van der Waals surface area (Å²) < 4.78 is 10.2. The largest absolute Gasteiger partial charge is 0.466 e. The quantitative estimate of drug-likeness (QED) is 0.630. The summed E-state index contributed by atoms with van der Waals surface area (Å²) in [5.74, 6) is 0.758. The fourth-order valence-corrected chi connectivity index (χ4v) is 1.51. The molecule has 0 saturated carbocycles. The maximum absolute atomic E-state index is 5.35. The summed E-state index contributed by atoms with van der Waals surface area (Å²) in [5.41, 5.74) is 1.38. The lowest BCUT2D eigenvalue weighted by Crippen LogP contribution is -2.11. The minimum atomic E-state index is 0.136. The first-order valence-corrected chi connectivity index (χ1v) is 5.35. The van der Waals surface area contributed by atoms with Crippen molar-refractivity contribution in [3.8, 4) is 5.75 Å². The lowest BCUT2D eigenvalue weighted by molar-refractivity contribution is 0.0491. The van der Waals surface area contributed by atoms with E-state index in [0.29, 0.717) is 0 Å². The molecule has 0 radical (unpaired) electrons. The molecule has 0 N–H and O–H groups in total. The molecule has 0 aliphatic rings. The Morgan fingerprint density at radius 3 is 2.40 bits per heavy atom. The molecule has 84 valence electrons. The second-order valence-corrected chi connectivity index (χ2v) is 4.97. The molecule has 0 aromatic heterocycles. The molecule has 0 heterocycles. The van der Waals surface area contributed by atoms with E-state index in [-0.39, 0.29) is 12.2 Å². The summed E-state index contributed by atoms with van der Waals surface area (Å²) in [6.45, 7) is 6.77. The molecule has 0 spiro atoms. The number of hydrogen-bond acceptors (Lipinski definition) is 3. The molecule has 15 heavy (non-hydrogen) atoms. The highest BCUT2D eigenvalue weighted by Crippen LogP contribution is 2.29. The standard InChI is InChI=1S/C12H18O2S/c1-12(2,3)9-5-6-10(11(15)7-9)14-8-13-4/h5-7,15H,8H2,1-4H3. The van der Waals surface area contributed by atoms with Crippen LogP contribution in [0.5, 0.6) is 5.75 Å². The van der Waals surface area contributed by atoms with Crippen molar-refractivity contribution in [3.63, 3.8) is 0 Å². The van der Waals surface area contributed by atoms with Crippen LogP contribution >= 0.6 is 12.6 Å². The van der Waals surface area contributed by atoms with Gasteiger partial charge in [-0.2, -0.15) is 0 Å². The molecular weight excluding hydrogens is 208 g/mol. The second-order valence-electron chi connectivity index (χ2n) is 4.48. The third-order valence-corrected chi connectivity index (χ3v) is 2.51. The Bertz CT molecular complexity index is 329. The Balaban J connectivity index is 2.88. The summed E-state index contributed by atoms with van der Waals surface area (Å²) in [5, 5.41) is 0. The molecule has 0 aliphatic heterocycles. The van der Waals surface area contributed by atoms with Crippen molar-refractivity contribution >= 4 is 12.6 Å². The molecule has 1 aromatic rings. The first kappa shape index (κ1) is 12.4. The maximum Gasteiger partial charge on any atom is 0.188 e. The smallest absolute Gasteiger partial charge is 0.188 e. The van der Waals surface area contributed by atoms with Crippen molar-refractivity contribution in [1.29, 1.82) is 0 Å². The van der Waals surface area contributed by atoms with Gasteiger partial charge in [0.15, 0.2) is 6.79 Å². The monoisotopic (exact) mass is 226 g/mol. The highest BCUT2D eigenvalue weighted by atomic mass is 32.1. The van der Waals surface area contributed by atoms with Crippen LogP contribution in [0.25, 0.3) is 0 Å². The van der Waals surface area contributed by atoms with E-state index in [1.807, 2.05) is 12.1 Å². The average Bonchev–Trinajstić information content (AvgIpc) is 2.14. The molecule has 1 rings (SSSR count). The van der Waals surface area contributed by atoms with E-state index in [9.17, 15) is 0 Å². The van der Waals surface area contributed by atoms with Crippen LogP contribution in [-0.4, -0.2) is 13.9 Å². The van der Waals surface area contributed by atoms with Crippen LogP contribution in [0.1, 0.15) is 26.3 Å². The van der Waals surface area contributed by atoms with Crippen molar-refractivity contribution in [2.75, 3.05) is 13.9 Å². The zero-order valence-corrected chi connectivity index (χ0v) is 10.6. The van der Waals surface area contributed by atoms with E-state index in [4.69, 9.17) is 9.47 Å². The van der Waals surface area contributed by atoms with Gasteiger partial charge in [0.05, 0.1) is 0 Å². The molecule has 0 fully saturated rings. The minimum Gasteiger partial charge on any atom is -0.466 e. The van der Waals surface area contributed by atoms with Gasteiger partial charge in [-0.25, -0.2) is 0 Å². The van der Waals surface area contributed by atoms with Crippen molar-refractivity contribution in [3.05, 3.63) is 23.8 Å². The molecule has 1 aromatic carbocycles. The summed E-state index contributed by atoms with van der Waals surface area (Å²) >= 11 is 4.39. The fraction of sp³-hybridized carbons (Fsp3) is 0.500. The summed E-state index contributed by atoms with van der Waals surface area (Å²) in [4.78, 5) is 0.847. The molecule has 2 nitrogen and oxygen atoms in total.